The molecule has 1 unspecified atom stereocenters. The predicted octanol–water partition coefficient (Wildman–Crippen LogP) is -0.0889. The van der Waals surface area contributed by atoms with Crippen molar-refractivity contribution in [3.05, 3.63) is 0 Å². The molecule has 1 saturated heterocycles. The lowest BCUT2D eigenvalue weighted by Gasteiger charge is -2.09. The molecule has 1 rings (SSSR count). The Hall–Kier alpha value is -1.10. The van der Waals surface area contributed by atoms with E-state index >= 15 is 0 Å². The maximum Gasteiger partial charge on any atom is 0.315 e. The second-order valence-electron chi connectivity index (χ2n) is 3.50. The third-order valence-electron chi connectivity index (χ3n) is 2.07. The molecule has 5 heteroatoms. The lowest BCUT2D eigenvalue weighted by molar-refractivity contribution is -0.116. The van der Waals surface area contributed by atoms with E-state index in [4.69, 9.17) is 4.74 Å². The van der Waals surface area contributed by atoms with Crippen LogP contribution in [-0.2, 0) is 9.53 Å². The monoisotopic (exact) mass is 200 g/mol. The topological polar surface area (TPSA) is 67.4 Å². The number of ketones is 1. The summed E-state index contributed by atoms with van der Waals surface area (Å²) in [5.41, 5.74) is 0. The van der Waals surface area contributed by atoms with Gasteiger partial charge in [-0.3, -0.25) is 4.79 Å². The minimum absolute atomic E-state index is 0.0515. The molecular formula is C9H16N2O3. The Kier molecular flexibility index (Phi) is 4.39. The molecule has 1 atom stereocenters. The Morgan fingerprint density at radius 3 is 2.79 bits per heavy atom. The van der Waals surface area contributed by atoms with Crippen LogP contribution in [0.25, 0.3) is 0 Å². The van der Waals surface area contributed by atoms with Crippen LogP contribution in [0.1, 0.15) is 13.3 Å². The lowest BCUT2D eigenvalue weighted by atomic mass is 10.1. The standard InChI is InChI=1S/C9H16N2O3/c1-7(12)4-10-9(13)11-5-8-2-3-14-6-8/h8H,2-6H2,1H3,(H2,10,11,13). The van der Waals surface area contributed by atoms with E-state index < -0.39 is 0 Å². The Balaban J connectivity index is 2.05. The Morgan fingerprint density at radius 2 is 2.21 bits per heavy atom. The summed E-state index contributed by atoms with van der Waals surface area (Å²) in [6.07, 6.45) is 0.993. The number of rotatable bonds is 4. The van der Waals surface area contributed by atoms with Crippen LogP contribution >= 0.6 is 0 Å². The Morgan fingerprint density at radius 1 is 1.43 bits per heavy atom. The average molecular weight is 200 g/mol. The number of nitrogens with one attached hydrogen (secondary N) is 2. The van der Waals surface area contributed by atoms with Crippen LogP contribution in [0.2, 0.25) is 0 Å². The van der Waals surface area contributed by atoms with Crippen molar-refractivity contribution >= 4 is 11.8 Å². The molecule has 1 fully saturated rings. The summed E-state index contributed by atoms with van der Waals surface area (Å²) in [7, 11) is 0. The first-order valence-corrected chi connectivity index (χ1v) is 4.77. The molecule has 0 spiro atoms. The van der Waals surface area contributed by atoms with Crippen molar-refractivity contribution in [3.8, 4) is 0 Å². The van der Waals surface area contributed by atoms with Gasteiger partial charge in [-0.2, -0.15) is 0 Å². The number of urea groups is 1. The van der Waals surface area contributed by atoms with Crippen molar-refractivity contribution < 1.29 is 14.3 Å². The first kappa shape index (κ1) is 11.0. The number of ether oxygens (including phenoxy) is 1. The van der Waals surface area contributed by atoms with Gasteiger partial charge in [-0.25, -0.2) is 4.79 Å². The molecule has 2 N–H and O–H groups in total. The number of carbonyl (C=O) groups is 2. The van der Waals surface area contributed by atoms with Gasteiger partial charge < -0.3 is 15.4 Å². The summed E-state index contributed by atoms with van der Waals surface area (Å²) in [4.78, 5) is 21.6. The minimum Gasteiger partial charge on any atom is -0.381 e. The smallest absolute Gasteiger partial charge is 0.315 e. The summed E-state index contributed by atoms with van der Waals surface area (Å²) in [6.45, 7) is 3.64. The summed E-state index contributed by atoms with van der Waals surface area (Å²) in [5, 5.41) is 5.16. The van der Waals surface area contributed by atoms with Crippen molar-refractivity contribution in [2.45, 2.75) is 13.3 Å². The SMILES string of the molecule is CC(=O)CNC(=O)NCC1CCOC1. The van der Waals surface area contributed by atoms with Gasteiger partial charge in [0.2, 0.25) is 0 Å². The maximum atomic E-state index is 11.1. The number of carbonyl (C=O) groups excluding carboxylic acids is 2. The summed E-state index contributed by atoms with van der Waals surface area (Å²) in [5.74, 6) is 0.363. The first-order chi connectivity index (χ1) is 6.68. The van der Waals surface area contributed by atoms with Gasteiger partial charge in [0.15, 0.2) is 0 Å². The van der Waals surface area contributed by atoms with Crippen LogP contribution in [0.4, 0.5) is 4.79 Å². The number of Topliss-reactive ketones (excluding diaryl/α,β-unsaturated/α-hetero) is 1. The van der Waals surface area contributed by atoms with E-state index in [0.717, 1.165) is 13.0 Å². The zero-order valence-electron chi connectivity index (χ0n) is 8.34. The van der Waals surface area contributed by atoms with Crippen LogP contribution in [0.15, 0.2) is 0 Å². The number of hydrogen-bond acceptors (Lipinski definition) is 3. The predicted molar refractivity (Wildman–Crippen MR) is 51.0 cm³/mol. The molecular weight excluding hydrogens is 184 g/mol. The molecule has 0 bridgehead atoms. The lowest BCUT2D eigenvalue weighted by Crippen LogP contribution is -2.40. The van der Waals surface area contributed by atoms with E-state index in [2.05, 4.69) is 10.6 Å². The molecule has 0 aromatic heterocycles. The molecule has 80 valence electrons. The van der Waals surface area contributed by atoms with Crippen LogP contribution in [0.3, 0.4) is 0 Å². The highest BCUT2D eigenvalue weighted by molar-refractivity contribution is 5.83. The average Bonchev–Trinajstić information content (AvgIpc) is 2.63. The normalized spacial score (nSPS) is 20.5. The maximum absolute atomic E-state index is 11.1. The minimum atomic E-state index is -0.285. The molecule has 1 aliphatic heterocycles. The van der Waals surface area contributed by atoms with Gasteiger partial charge in [0.1, 0.15) is 5.78 Å². The Bertz CT molecular complexity index is 212. The Labute approximate surface area is 83.2 Å². The molecule has 0 aliphatic carbocycles. The van der Waals surface area contributed by atoms with E-state index in [1.807, 2.05) is 0 Å². The van der Waals surface area contributed by atoms with Gasteiger partial charge in [0.25, 0.3) is 0 Å². The second-order valence-corrected chi connectivity index (χ2v) is 3.50. The van der Waals surface area contributed by atoms with Crippen LogP contribution in [-0.4, -0.2) is 38.1 Å². The van der Waals surface area contributed by atoms with E-state index in [1.54, 1.807) is 0 Å². The van der Waals surface area contributed by atoms with Crippen molar-refractivity contribution in [2.24, 2.45) is 5.92 Å². The van der Waals surface area contributed by atoms with Crippen LogP contribution in [0.5, 0.6) is 0 Å². The quantitative estimate of drug-likeness (QED) is 0.666. The van der Waals surface area contributed by atoms with Crippen LogP contribution in [0, 0.1) is 5.92 Å². The van der Waals surface area contributed by atoms with E-state index in [-0.39, 0.29) is 18.4 Å². The molecule has 2 amide bonds. The zero-order valence-corrected chi connectivity index (χ0v) is 8.34. The van der Waals surface area contributed by atoms with Crippen molar-refractivity contribution in [1.29, 1.82) is 0 Å². The van der Waals surface area contributed by atoms with E-state index in [1.165, 1.54) is 6.92 Å². The summed E-state index contributed by atoms with van der Waals surface area (Å²) >= 11 is 0. The van der Waals surface area contributed by atoms with Crippen molar-refractivity contribution in [3.63, 3.8) is 0 Å². The van der Waals surface area contributed by atoms with Gasteiger partial charge in [0.05, 0.1) is 13.2 Å². The summed E-state index contributed by atoms with van der Waals surface area (Å²) in [6, 6.07) is -0.285. The molecule has 0 aromatic rings. The van der Waals surface area contributed by atoms with Crippen molar-refractivity contribution in [1.82, 2.24) is 10.6 Å². The molecule has 14 heavy (non-hydrogen) atoms. The highest BCUT2D eigenvalue weighted by Crippen LogP contribution is 2.10. The fourth-order valence-corrected chi connectivity index (χ4v) is 1.25. The van der Waals surface area contributed by atoms with E-state index in [9.17, 15) is 9.59 Å². The highest BCUT2D eigenvalue weighted by atomic mass is 16.5. The number of amides is 2. The fraction of sp³-hybridized carbons (Fsp3) is 0.778. The highest BCUT2D eigenvalue weighted by Gasteiger charge is 2.15. The van der Waals surface area contributed by atoms with E-state index in [0.29, 0.717) is 19.1 Å². The van der Waals surface area contributed by atoms with Gasteiger partial charge in [-0.1, -0.05) is 0 Å². The first-order valence-electron chi connectivity index (χ1n) is 4.77. The van der Waals surface area contributed by atoms with Crippen molar-refractivity contribution in [2.75, 3.05) is 26.3 Å². The molecule has 0 radical (unpaired) electrons. The second kappa shape index (κ2) is 5.59. The third kappa shape index (κ3) is 4.23. The molecule has 1 heterocycles. The van der Waals surface area contributed by atoms with Gasteiger partial charge in [-0.05, 0) is 13.3 Å². The number of hydrogen-bond donors (Lipinski definition) is 2. The molecule has 5 nitrogen and oxygen atoms in total. The zero-order chi connectivity index (χ0) is 10.4. The largest absolute Gasteiger partial charge is 0.381 e. The molecule has 0 saturated carbocycles. The fourth-order valence-electron chi connectivity index (χ4n) is 1.25. The molecule has 0 aromatic carbocycles. The van der Waals surface area contributed by atoms with Crippen LogP contribution < -0.4 is 10.6 Å². The third-order valence-corrected chi connectivity index (χ3v) is 2.07. The van der Waals surface area contributed by atoms with Gasteiger partial charge >= 0.3 is 6.03 Å². The van der Waals surface area contributed by atoms with Gasteiger partial charge in [0, 0.05) is 19.1 Å². The van der Waals surface area contributed by atoms with Gasteiger partial charge in [-0.15, -0.1) is 0 Å². The molecule has 1 aliphatic rings. The summed E-state index contributed by atoms with van der Waals surface area (Å²) < 4.78 is 5.16.